The number of rotatable bonds is 3. The molecule has 0 saturated carbocycles. The van der Waals surface area contributed by atoms with Gasteiger partial charge in [-0.25, -0.2) is 0 Å². The normalized spacial score (nSPS) is 16.8. The van der Waals surface area contributed by atoms with Crippen LogP contribution in [0.5, 0.6) is 5.75 Å². The number of ether oxygens (including phenoxy) is 1. The highest BCUT2D eigenvalue weighted by atomic mass is 79.9. The maximum absolute atomic E-state index is 5.30. The van der Waals surface area contributed by atoms with Gasteiger partial charge < -0.3 is 15.0 Å². The lowest BCUT2D eigenvalue weighted by Gasteiger charge is -2.17. The molecule has 0 amide bonds. The van der Waals surface area contributed by atoms with E-state index < -0.39 is 0 Å². The van der Waals surface area contributed by atoms with Crippen LogP contribution in [0.4, 0.5) is 0 Å². The van der Waals surface area contributed by atoms with Gasteiger partial charge in [0, 0.05) is 19.1 Å². The summed E-state index contributed by atoms with van der Waals surface area (Å²) in [6, 6.07) is 4.61. The molecule has 0 radical (unpaired) electrons. The van der Waals surface area contributed by atoms with Gasteiger partial charge in [0.15, 0.2) is 0 Å². The fourth-order valence-electron chi connectivity index (χ4n) is 2.14. The highest BCUT2D eigenvalue weighted by Crippen LogP contribution is 2.37. The molecule has 1 N–H and O–H groups in total. The Balaban J connectivity index is 0.00000144. The van der Waals surface area contributed by atoms with E-state index in [1.165, 1.54) is 11.1 Å². The molecule has 0 unspecified atom stereocenters. The summed E-state index contributed by atoms with van der Waals surface area (Å²) in [6.45, 7) is 1.93. The van der Waals surface area contributed by atoms with Crippen molar-refractivity contribution in [2.24, 2.45) is 0 Å². The first-order chi connectivity index (χ1) is 7.63. The monoisotopic (exact) mass is 356 g/mol. The van der Waals surface area contributed by atoms with Crippen molar-refractivity contribution in [1.82, 2.24) is 10.2 Å². The molecule has 3 nitrogen and oxygen atoms in total. The third-order valence-electron chi connectivity index (χ3n) is 2.91. The third kappa shape index (κ3) is 3.52. The second-order valence-electron chi connectivity index (χ2n) is 4.35. The zero-order chi connectivity index (χ0) is 11.7. The lowest BCUT2D eigenvalue weighted by molar-refractivity contribution is 0.353. The van der Waals surface area contributed by atoms with Gasteiger partial charge in [-0.05, 0) is 47.2 Å². The molecule has 0 spiro atoms. The fourth-order valence-corrected chi connectivity index (χ4v) is 2.80. The summed E-state index contributed by atoms with van der Waals surface area (Å²) < 4.78 is 6.39. The van der Waals surface area contributed by atoms with Crippen molar-refractivity contribution in [1.29, 1.82) is 0 Å². The summed E-state index contributed by atoms with van der Waals surface area (Å²) in [5.41, 5.74) is 2.70. The van der Waals surface area contributed by atoms with E-state index in [2.05, 4.69) is 46.3 Å². The van der Waals surface area contributed by atoms with Crippen LogP contribution in [0.2, 0.25) is 0 Å². The number of benzene rings is 1. The highest BCUT2D eigenvalue weighted by molar-refractivity contribution is 9.10. The standard InChI is InChI=1S/C12H17BrN2O.2ClH/c1-15(2)7-10-8-4-5-11(16-3)12(13)9(8)6-14-10;;/h4-5,10,14H,6-7H2,1-3H3;2*1H/t10-;;/m0../s1. The molecule has 1 atom stereocenters. The predicted octanol–water partition coefficient (Wildman–Crippen LogP) is 3.01. The molecule has 1 aromatic rings. The van der Waals surface area contributed by atoms with E-state index in [-0.39, 0.29) is 24.8 Å². The Kier molecular flexibility index (Phi) is 7.56. The quantitative estimate of drug-likeness (QED) is 0.899. The number of methoxy groups -OCH3 is 1. The van der Waals surface area contributed by atoms with Crippen LogP contribution in [0.1, 0.15) is 17.2 Å². The Labute approximate surface area is 129 Å². The van der Waals surface area contributed by atoms with E-state index >= 15 is 0 Å². The minimum Gasteiger partial charge on any atom is -0.496 e. The lowest BCUT2D eigenvalue weighted by Crippen LogP contribution is -2.26. The van der Waals surface area contributed by atoms with E-state index in [9.17, 15) is 0 Å². The Morgan fingerprint density at radius 3 is 2.61 bits per heavy atom. The van der Waals surface area contributed by atoms with Crippen LogP contribution in [-0.4, -0.2) is 32.6 Å². The number of likely N-dealkylation sites (N-methyl/N-ethyl adjacent to an activating group) is 1. The molecule has 0 saturated heterocycles. The lowest BCUT2D eigenvalue weighted by atomic mass is 10.0. The van der Waals surface area contributed by atoms with Crippen molar-refractivity contribution < 1.29 is 4.74 Å². The van der Waals surface area contributed by atoms with Gasteiger partial charge in [-0.2, -0.15) is 0 Å². The van der Waals surface area contributed by atoms with Gasteiger partial charge >= 0.3 is 0 Å². The average Bonchev–Trinajstić information content (AvgIpc) is 2.62. The zero-order valence-electron chi connectivity index (χ0n) is 10.7. The van der Waals surface area contributed by atoms with E-state index in [1.54, 1.807) is 7.11 Å². The van der Waals surface area contributed by atoms with Crippen LogP contribution >= 0.6 is 40.7 Å². The van der Waals surface area contributed by atoms with Gasteiger partial charge in [0.2, 0.25) is 0 Å². The molecule has 2 rings (SSSR count). The van der Waals surface area contributed by atoms with E-state index in [0.29, 0.717) is 6.04 Å². The van der Waals surface area contributed by atoms with Crippen molar-refractivity contribution >= 4 is 40.7 Å². The van der Waals surface area contributed by atoms with Crippen molar-refractivity contribution in [3.8, 4) is 5.75 Å². The molecule has 1 heterocycles. The molecular formula is C12H19BrCl2N2O. The predicted molar refractivity (Wildman–Crippen MR) is 83.3 cm³/mol. The smallest absolute Gasteiger partial charge is 0.133 e. The fraction of sp³-hybridized carbons (Fsp3) is 0.500. The molecule has 0 fully saturated rings. The Hall–Kier alpha value is -0.000000000000000222. The molecule has 1 aromatic carbocycles. The first kappa shape index (κ1) is 18.0. The number of halogens is 3. The van der Waals surface area contributed by atoms with Crippen LogP contribution < -0.4 is 10.1 Å². The molecule has 0 aliphatic carbocycles. The summed E-state index contributed by atoms with van der Waals surface area (Å²) in [6.07, 6.45) is 0. The molecule has 104 valence electrons. The Bertz CT molecular complexity index is 402. The van der Waals surface area contributed by atoms with E-state index in [0.717, 1.165) is 23.3 Å². The molecule has 1 aliphatic rings. The van der Waals surface area contributed by atoms with Crippen molar-refractivity contribution in [2.45, 2.75) is 12.6 Å². The van der Waals surface area contributed by atoms with Gasteiger partial charge in [-0.3, -0.25) is 0 Å². The van der Waals surface area contributed by atoms with Crippen molar-refractivity contribution in [2.75, 3.05) is 27.7 Å². The Morgan fingerprint density at radius 1 is 1.39 bits per heavy atom. The van der Waals surface area contributed by atoms with Gasteiger partial charge in [0.05, 0.1) is 11.6 Å². The second kappa shape index (κ2) is 7.56. The van der Waals surface area contributed by atoms with Crippen molar-refractivity contribution in [3.63, 3.8) is 0 Å². The van der Waals surface area contributed by atoms with Crippen LogP contribution in [0.15, 0.2) is 16.6 Å². The van der Waals surface area contributed by atoms with Gasteiger partial charge in [-0.15, -0.1) is 24.8 Å². The van der Waals surface area contributed by atoms with E-state index in [1.807, 2.05) is 6.07 Å². The van der Waals surface area contributed by atoms with Gasteiger partial charge in [-0.1, -0.05) is 6.07 Å². The van der Waals surface area contributed by atoms with E-state index in [4.69, 9.17) is 4.74 Å². The first-order valence-corrected chi connectivity index (χ1v) is 6.16. The third-order valence-corrected chi connectivity index (χ3v) is 3.78. The van der Waals surface area contributed by atoms with Crippen LogP contribution in [0, 0.1) is 0 Å². The summed E-state index contributed by atoms with van der Waals surface area (Å²) in [4.78, 5) is 2.20. The number of hydrogen-bond donors (Lipinski definition) is 1. The minimum absolute atomic E-state index is 0. The summed E-state index contributed by atoms with van der Waals surface area (Å²) in [5, 5.41) is 3.52. The summed E-state index contributed by atoms with van der Waals surface area (Å²) in [5.74, 6) is 0.908. The molecule has 0 bridgehead atoms. The number of fused-ring (bicyclic) bond motifs is 1. The largest absolute Gasteiger partial charge is 0.496 e. The number of hydrogen-bond acceptors (Lipinski definition) is 3. The zero-order valence-corrected chi connectivity index (χ0v) is 13.9. The SMILES string of the molecule is COc1ccc2c(c1Br)CN[C@H]2CN(C)C.Cl.Cl. The summed E-state index contributed by atoms with van der Waals surface area (Å²) >= 11 is 3.61. The highest BCUT2D eigenvalue weighted by Gasteiger charge is 2.25. The molecule has 18 heavy (non-hydrogen) atoms. The second-order valence-corrected chi connectivity index (χ2v) is 5.14. The maximum Gasteiger partial charge on any atom is 0.133 e. The topological polar surface area (TPSA) is 24.5 Å². The molecule has 1 aliphatic heterocycles. The number of nitrogens with zero attached hydrogens (tertiary/aromatic N) is 1. The van der Waals surface area contributed by atoms with Gasteiger partial charge in [0.25, 0.3) is 0 Å². The molecule has 0 aromatic heterocycles. The maximum atomic E-state index is 5.30. The van der Waals surface area contributed by atoms with Gasteiger partial charge in [0.1, 0.15) is 5.75 Å². The molecular weight excluding hydrogens is 339 g/mol. The minimum atomic E-state index is 0. The number of nitrogens with one attached hydrogen (secondary N) is 1. The Morgan fingerprint density at radius 2 is 2.06 bits per heavy atom. The first-order valence-electron chi connectivity index (χ1n) is 5.37. The summed E-state index contributed by atoms with van der Waals surface area (Å²) in [7, 11) is 5.89. The molecule has 6 heteroatoms. The van der Waals surface area contributed by atoms with Crippen molar-refractivity contribution in [3.05, 3.63) is 27.7 Å². The van der Waals surface area contributed by atoms with Crippen LogP contribution in [0.3, 0.4) is 0 Å². The van der Waals surface area contributed by atoms with Crippen LogP contribution in [-0.2, 0) is 6.54 Å². The average molecular weight is 358 g/mol. The van der Waals surface area contributed by atoms with Crippen LogP contribution in [0.25, 0.3) is 0 Å².